The number of fused-ring (bicyclic) bond motifs is 1. The summed E-state index contributed by atoms with van der Waals surface area (Å²) < 4.78 is 6.66. The maximum atomic E-state index is 10.7. The molecule has 0 amide bonds. The summed E-state index contributed by atoms with van der Waals surface area (Å²) in [7, 11) is 0. The highest BCUT2D eigenvalue weighted by Gasteiger charge is 2.16. The van der Waals surface area contributed by atoms with E-state index in [1.807, 2.05) is 60.7 Å². The lowest BCUT2D eigenvalue weighted by Crippen LogP contribution is -2.01. The van der Waals surface area contributed by atoms with Crippen LogP contribution in [-0.4, -0.2) is 26.2 Å². The molecule has 3 aromatic heterocycles. The van der Waals surface area contributed by atoms with Crippen LogP contribution in [0.5, 0.6) is 5.88 Å². The van der Waals surface area contributed by atoms with E-state index in [1.165, 1.54) is 11.3 Å². The standard InChI is InChI=1S/C23H17N5O2S/c29-15-30-21-14-31-23(26-21)28-20-12-17(25-13-18-8-4-5-11-24-18)9-10-19(20)22(27-28)16-6-2-1-3-7-16/h1-12,14-15,25H,13H2. The van der Waals surface area contributed by atoms with E-state index in [1.54, 1.807) is 16.3 Å². The second-order valence-electron chi connectivity index (χ2n) is 6.72. The number of carbonyl (C=O) groups excluding carboxylic acids is 1. The largest absolute Gasteiger partial charge is 0.409 e. The zero-order chi connectivity index (χ0) is 21.0. The van der Waals surface area contributed by atoms with Crippen LogP contribution in [0.2, 0.25) is 0 Å². The highest BCUT2D eigenvalue weighted by Crippen LogP contribution is 2.33. The van der Waals surface area contributed by atoms with Gasteiger partial charge in [-0.2, -0.15) is 10.1 Å². The van der Waals surface area contributed by atoms with Crippen molar-refractivity contribution in [2.75, 3.05) is 5.32 Å². The van der Waals surface area contributed by atoms with Crippen molar-refractivity contribution < 1.29 is 9.53 Å². The number of anilines is 1. The second-order valence-corrected chi connectivity index (χ2v) is 7.55. The average molecular weight is 427 g/mol. The fraction of sp³-hybridized carbons (Fsp3) is 0.0435. The molecule has 0 aliphatic carbocycles. The number of rotatable bonds is 7. The van der Waals surface area contributed by atoms with Crippen LogP contribution in [-0.2, 0) is 11.3 Å². The molecule has 7 nitrogen and oxygen atoms in total. The first kappa shape index (κ1) is 19.0. The maximum absolute atomic E-state index is 10.7. The van der Waals surface area contributed by atoms with E-state index in [0.717, 1.165) is 33.5 Å². The van der Waals surface area contributed by atoms with Crippen LogP contribution < -0.4 is 10.1 Å². The van der Waals surface area contributed by atoms with Gasteiger partial charge in [0, 0.05) is 22.8 Å². The van der Waals surface area contributed by atoms with Gasteiger partial charge in [-0.3, -0.25) is 9.78 Å². The molecule has 0 fully saturated rings. The lowest BCUT2D eigenvalue weighted by Gasteiger charge is -2.07. The van der Waals surface area contributed by atoms with Crippen LogP contribution in [0.15, 0.2) is 78.3 Å². The molecule has 0 saturated heterocycles. The number of ether oxygens (including phenoxy) is 1. The molecule has 152 valence electrons. The molecule has 2 aromatic carbocycles. The molecule has 0 aliphatic heterocycles. The summed E-state index contributed by atoms with van der Waals surface area (Å²) in [6.45, 7) is 0.982. The van der Waals surface area contributed by atoms with E-state index >= 15 is 0 Å². The first-order valence-electron chi connectivity index (χ1n) is 9.60. The third-order valence-electron chi connectivity index (χ3n) is 4.75. The van der Waals surface area contributed by atoms with Gasteiger partial charge in [-0.1, -0.05) is 47.7 Å². The van der Waals surface area contributed by atoms with E-state index in [2.05, 4.69) is 21.4 Å². The van der Waals surface area contributed by atoms with Crippen molar-refractivity contribution in [3.05, 3.63) is 84.0 Å². The van der Waals surface area contributed by atoms with Crippen molar-refractivity contribution in [3.8, 4) is 22.3 Å². The minimum Gasteiger partial charge on any atom is -0.409 e. The fourth-order valence-corrected chi connectivity index (χ4v) is 4.02. The Morgan fingerprint density at radius 3 is 2.74 bits per heavy atom. The van der Waals surface area contributed by atoms with Gasteiger partial charge in [0.15, 0.2) is 0 Å². The van der Waals surface area contributed by atoms with Crippen molar-refractivity contribution in [2.24, 2.45) is 0 Å². The topological polar surface area (TPSA) is 81.9 Å². The SMILES string of the molecule is O=COc1csc(-n2nc(-c3ccccc3)c3ccc(NCc4ccccn4)cc32)n1. The molecule has 0 saturated carbocycles. The number of hydrogen-bond acceptors (Lipinski definition) is 7. The van der Waals surface area contributed by atoms with Crippen LogP contribution in [0.3, 0.4) is 0 Å². The predicted molar refractivity (Wildman–Crippen MR) is 120 cm³/mol. The molecule has 31 heavy (non-hydrogen) atoms. The normalized spacial score (nSPS) is 10.8. The zero-order valence-corrected chi connectivity index (χ0v) is 17.1. The molecular weight excluding hydrogens is 410 g/mol. The summed E-state index contributed by atoms with van der Waals surface area (Å²) in [6.07, 6.45) is 1.78. The van der Waals surface area contributed by atoms with Crippen LogP contribution in [0, 0.1) is 0 Å². The summed E-state index contributed by atoms with van der Waals surface area (Å²) in [6, 6.07) is 22.0. The lowest BCUT2D eigenvalue weighted by atomic mass is 10.1. The van der Waals surface area contributed by atoms with E-state index in [4.69, 9.17) is 9.84 Å². The molecule has 3 heterocycles. The summed E-state index contributed by atoms with van der Waals surface area (Å²) >= 11 is 1.36. The molecule has 0 atom stereocenters. The average Bonchev–Trinajstić information content (AvgIpc) is 3.43. The second kappa shape index (κ2) is 8.37. The number of nitrogens with zero attached hydrogens (tertiary/aromatic N) is 4. The first-order chi connectivity index (χ1) is 15.3. The minimum atomic E-state index is 0.254. The smallest absolute Gasteiger partial charge is 0.299 e. The molecule has 5 rings (SSSR count). The van der Waals surface area contributed by atoms with Crippen molar-refractivity contribution >= 4 is 34.4 Å². The number of thiazole rings is 1. The van der Waals surface area contributed by atoms with Gasteiger partial charge in [-0.25, -0.2) is 4.68 Å². The number of nitrogens with one attached hydrogen (secondary N) is 1. The molecule has 0 bridgehead atoms. The molecule has 0 unspecified atom stereocenters. The number of hydrogen-bond donors (Lipinski definition) is 1. The Morgan fingerprint density at radius 1 is 1.06 bits per heavy atom. The third kappa shape index (κ3) is 3.88. The zero-order valence-electron chi connectivity index (χ0n) is 16.3. The predicted octanol–water partition coefficient (Wildman–Crippen LogP) is 4.69. The monoisotopic (exact) mass is 427 g/mol. The van der Waals surface area contributed by atoms with E-state index in [9.17, 15) is 4.79 Å². The Morgan fingerprint density at radius 2 is 1.94 bits per heavy atom. The molecule has 8 heteroatoms. The first-order valence-corrected chi connectivity index (χ1v) is 10.5. The molecule has 0 spiro atoms. The van der Waals surface area contributed by atoms with Crippen LogP contribution in [0.1, 0.15) is 5.69 Å². The number of carbonyl (C=O) groups is 1. The van der Waals surface area contributed by atoms with Crippen LogP contribution in [0.25, 0.3) is 27.3 Å². The van der Waals surface area contributed by atoms with Gasteiger partial charge < -0.3 is 10.1 Å². The van der Waals surface area contributed by atoms with E-state index in [0.29, 0.717) is 18.1 Å². The summed E-state index contributed by atoms with van der Waals surface area (Å²) in [5, 5.41) is 11.6. The summed E-state index contributed by atoms with van der Waals surface area (Å²) in [5.74, 6) is 0.254. The van der Waals surface area contributed by atoms with E-state index < -0.39 is 0 Å². The van der Waals surface area contributed by atoms with Gasteiger partial charge in [-0.15, -0.1) is 0 Å². The summed E-state index contributed by atoms with van der Waals surface area (Å²) in [5.41, 5.74) is 4.68. The third-order valence-corrected chi connectivity index (χ3v) is 5.54. The Hall–Kier alpha value is -4.04. The molecule has 0 aliphatic rings. The van der Waals surface area contributed by atoms with Crippen molar-refractivity contribution in [1.82, 2.24) is 19.7 Å². The van der Waals surface area contributed by atoms with Gasteiger partial charge >= 0.3 is 0 Å². The number of pyridine rings is 1. The molecular formula is C23H17N5O2S. The van der Waals surface area contributed by atoms with Gasteiger partial charge in [0.1, 0.15) is 5.69 Å². The maximum Gasteiger partial charge on any atom is 0.299 e. The molecule has 0 radical (unpaired) electrons. The number of benzene rings is 2. The van der Waals surface area contributed by atoms with Crippen LogP contribution >= 0.6 is 11.3 Å². The number of aromatic nitrogens is 4. The van der Waals surface area contributed by atoms with Crippen molar-refractivity contribution in [2.45, 2.75) is 6.54 Å². The Kier molecular flexibility index (Phi) is 5.12. The highest BCUT2D eigenvalue weighted by molar-refractivity contribution is 7.12. The summed E-state index contributed by atoms with van der Waals surface area (Å²) in [4.78, 5) is 19.4. The molecule has 5 aromatic rings. The van der Waals surface area contributed by atoms with Gasteiger partial charge in [-0.05, 0) is 30.3 Å². The van der Waals surface area contributed by atoms with Gasteiger partial charge in [0.25, 0.3) is 6.47 Å². The van der Waals surface area contributed by atoms with Crippen molar-refractivity contribution in [3.63, 3.8) is 0 Å². The van der Waals surface area contributed by atoms with Crippen molar-refractivity contribution in [1.29, 1.82) is 0 Å². The minimum absolute atomic E-state index is 0.254. The lowest BCUT2D eigenvalue weighted by molar-refractivity contribution is -0.120. The van der Waals surface area contributed by atoms with Crippen LogP contribution in [0.4, 0.5) is 5.69 Å². The highest BCUT2D eigenvalue weighted by atomic mass is 32.1. The van der Waals surface area contributed by atoms with Gasteiger partial charge in [0.05, 0.1) is 23.1 Å². The van der Waals surface area contributed by atoms with Gasteiger partial charge in [0.2, 0.25) is 11.0 Å². The quantitative estimate of drug-likeness (QED) is 0.380. The Labute approximate surface area is 182 Å². The fourth-order valence-electron chi connectivity index (χ4n) is 3.33. The Bertz CT molecular complexity index is 1330. The Balaban J connectivity index is 1.58. The van der Waals surface area contributed by atoms with E-state index in [-0.39, 0.29) is 5.88 Å². The molecule has 1 N–H and O–H groups in total.